The van der Waals surface area contributed by atoms with Gasteiger partial charge in [-0.2, -0.15) is 10.2 Å². The summed E-state index contributed by atoms with van der Waals surface area (Å²) in [5, 5.41) is 19.8. The predicted octanol–water partition coefficient (Wildman–Crippen LogP) is 1.75. The minimum atomic E-state index is -0.0130. The van der Waals surface area contributed by atoms with Crippen LogP contribution in [0.4, 0.5) is 17.6 Å². The molecule has 0 bridgehead atoms. The van der Waals surface area contributed by atoms with Crippen molar-refractivity contribution < 1.29 is 0 Å². The zero-order chi connectivity index (χ0) is 18.5. The van der Waals surface area contributed by atoms with Gasteiger partial charge in [0.2, 0.25) is 5.95 Å². The standard InChI is InChI=1S/C19H24N8/c20-11-14-12-24-19(26-18(14)25-15-5-1-2-6-15)27(16-7-3-4-8-22-16)17-13-21-9-10-23-17/h3-4,7-8,12,15,17,21,23H,1-2,5-6,9-10,13H2,(H,24,25,26). The van der Waals surface area contributed by atoms with E-state index in [2.05, 4.69) is 32.0 Å². The van der Waals surface area contributed by atoms with E-state index in [0.29, 0.717) is 23.4 Å². The first-order valence-corrected chi connectivity index (χ1v) is 9.53. The number of aromatic nitrogens is 3. The van der Waals surface area contributed by atoms with Crippen LogP contribution in [-0.4, -0.2) is 46.8 Å². The highest BCUT2D eigenvalue weighted by Gasteiger charge is 2.26. The van der Waals surface area contributed by atoms with Gasteiger partial charge in [0.05, 0.1) is 6.20 Å². The number of anilines is 3. The van der Waals surface area contributed by atoms with Crippen molar-refractivity contribution in [3.63, 3.8) is 0 Å². The van der Waals surface area contributed by atoms with Crippen molar-refractivity contribution >= 4 is 17.6 Å². The van der Waals surface area contributed by atoms with Gasteiger partial charge in [0.25, 0.3) is 0 Å². The number of rotatable bonds is 5. The van der Waals surface area contributed by atoms with Crippen LogP contribution in [0.3, 0.4) is 0 Å². The van der Waals surface area contributed by atoms with Crippen LogP contribution in [0.2, 0.25) is 0 Å². The maximum atomic E-state index is 9.47. The van der Waals surface area contributed by atoms with E-state index in [1.165, 1.54) is 12.8 Å². The molecule has 140 valence electrons. The smallest absolute Gasteiger partial charge is 0.234 e. The average molecular weight is 364 g/mol. The lowest BCUT2D eigenvalue weighted by Gasteiger charge is -2.34. The number of hydrogen-bond donors (Lipinski definition) is 3. The summed E-state index contributed by atoms with van der Waals surface area (Å²) in [5.41, 5.74) is 0.473. The number of hydrogen-bond acceptors (Lipinski definition) is 8. The zero-order valence-electron chi connectivity index (χ0n) is 15.2. The lowest BCUT2D eigenvalue weighted by atomic mass is 10.2. The van der Waals surface area contributed by atoms with Gasteiger partial charge in [-0.15, -0.1) is 0 Å². The minimum Gasteiger partial charge on any atom is -0.366 e. The van der Waals surface area contributed by atoms with Gasteiger partial charge in [0, 0.05) is 31.9 Å². The Hall–Kier alpha value is -2.76. The van der Waals surface area contributed by atoms with E-state index in [1.54, 1.807) is 12.4 Å². The topological polar surface area (TPSA) is 102 Å². The number of pyridine rings is 1. The van der Waals surface area contributed by atoms with Gasteiger partial charge in [-0.3, -0.25) is 10.2 Å². The highest BCUT2D eigenvalue weighted by Crippen LogP contribution is 2.27. The molecule has 1 unspecified atom stereocenters. The van der Waals surface area contributed by atoms with E-state index < -0.39 is 0 Å². The molecule has 2 aromatic heterocycles. The first-order chi connectivity index (χ1) is 13.3. The van der Waals surface area contributed by atoms with Crippen LogP contribution in [0.25, 0.3) is 0 Å². The maximum absolute atomic E-state index is 9.47. The normalized spacial score (nSPS) is 20.2. The Morgan fingerprint density at radius 1 is 1.19 bits per heavy atom. The molecular weight excluding hydrogens is 340 g/mol. The van der Waals surface area contributed by atoms with Crippen LogP contribution in [0, 0.1) is 11.3 Å². The number of nitrogens with one attached hydrogen (secondary N) is 3. The molecule has 2 fully saturated rings. The second-order valence-corrected chi connectivity index (χ2v) is 6.90. The summed E-state index contributed by atoms with van der Waals surface area (Å²) in [4.78, 5) is 15.7. The van der Waals surface area contributed by atoms with E-state index >= 15 is 0 Å². The Balaban J connectivity index is 1.69. The molecule has 0 amide bonds. The second kappa shape index (κ2) is 8.29. The number of nitrogens with zero attached hydrogens (tertiary/aromatic N) is 5. The van der Waals surface area contributed by atoms with E-state index in [-0.39, 0.29) is 6.17 Å². The molecular formula is C19H24N8. The summed E-state index contributed by atoms with van der Waals surface area (Å²) in [6.07, 6.45) is 8.02. The van der Waals surface area contributed by atoms with Crippen LogP contribution in [0.1, 0.15) is 31.2 Å². The van der Waals surface area contributed by atoms with Crippen molar-refractivity contribution in [2.24, 2.45) is 0 Å². The summed E-state index contributed by atoms with van der Waals surface area (Å²) < 4.78 is 0. The first-order valence-electron chi connectivity index (χ1n) is 9.53. The Kier molecular flexibility index (Phi) is 5.42. The molecule has 3 heterocycles. The van der Waals surface area contributed by atoms with Crippen molar-refractivity contribution in [1.29, 1.82) is 5.26 Å². The SMILES string of the molecule is N#Cc1cnc(N(c2ccccn2)C2CNCCN2)nc1NC1CCCC1. The van der Waals surface area contributed by atoms with Crippen LogP contribution >= 0.6 is 0 Å². The monoisotopic (exact) mass is 364 g/mol. The van der Waals surface area contributed by atoms with Gasteiger partial charge in [0.15, 0.2) is 0 Å². The molecule has 8 heteroatoms. The van der Waals surface area contributed by atoms with Gasteiger partial charge < -0.3 is 10.6 Å². The molecule has 0 radical (unpaired) electrons. The first kappa shape index (κ1) is 17.6. The fourth-order valence-electron chi connectivity index (χ4n) is 3.66. The van der Waals surface area contributed by atoms with Crippen LogP contribution in [0.5, 0.6) is 0 Å². The lowest BCUT2D eigenvalue weighted by molar-refractivity contribution is 0.418. The molecule has 2 aromatic rings. The molecule has 27 heavy (non-hydrogen) atoms. The lowest BCUT2D eigenvalue weighted by Crippen LogP contribution is -2.56. The summed E-state index contributed by atoms with van der Waals surface area (Å²) in [7, 11) is 0. The largest absolute Gasteiger partial charge is 0.366 e. The van der Waals surface area contributed by atoms with Crippen molar-refractivity contribution in [3.8, 4) is 6.07 Å². The quantitative estimate of drug-likeness (QED) is 0.738. The number of nitriles is 1. The molecule has 2 aliphatic rings. The fourth-order valence-corrected chi connectivity index (χ4v) is 3.66. The Labute approximate surface area is 159 Å². The predicted molar refractivity (Wildman–Crippen MR) is 104 cm³/mol. The van der Waals surface area contributed by atoms with Crippen molar-refractivity contribution in [2.75, 3.05) is 29.9 Å². The summed E-state index contributed by atoms with van der Waals surface area (Å²) in [5.74, 6) is 1.92. The molecule has 4 rings (SSSR count). The van der Waals surface area contributed by atoms with Crippen molar-refractivity contribution in [2.45, 2.75) is 37.9 Å². The van der Waals surface area contributed by atoms with Crippen molar-refractivity contribution in [3.05, 3.63) is 36.2 Å². The molecule has 3 N–H and O–H groups in total. The Bertz CT molecular complexity index is 791. The highest BCUT2D eigenvalue weighted by molar-refractivity contribution is 5.59. The highest BCUT2D eigenvalue weighted by atomic mass is 15.4. The van der Waals surface area contributed by atoms with Crippen LogP contribution in [-0.2, 0) is 0 Å². The van der Waals surface area contributed by atoms with Gasteiger partial charge in [-0.1, -0.05) is 18.9 Å². The molecule has 0 aromatic carbocycles. The van der Waals surface area contributed by atoms with Gasteiger partial charge in [-0.25, -0.2) is 9.97 Å². The average Bonchev–Trinajstić information content (AvgIpc) is 3.23. The van der Waals surface area contributed by atoms with Crippen molar-refractivity contribution in [1.82, 2.24) is 25.6 Å². The van der Waals surface area contributed by atoms with Gasteiger partial charge in [-0.05, 0) is 25.0 Å². The molecule has 1 aliphatic heterocycles. The summed E-state index contributed by atoms with van der Waals surface area (Å²) in [6, 6.07) is 8.37. The minimum absolute atomic E-state index is 0.0130. The van der Waals surface area contributed by atoms with Gasteiger partial charge >= 0.3 is 0 Å². The van der Waals surface area contributed by atoms with Crippen LogP contribution < -0.4 is 20.9 Å². The molecule has 0 spiro atoms. The van der Waals surface area contributed by atoms with E-state index in [0.717, 1.165) is 38.3 Å². The molecule has 1 saturated heterocycles. The molecule has 1 aliphatic carbocycles. The second-order valence-electron chi connectivity index (χ2n) is 6.90. The third kappa shape index (κ3) is 3.99. The van der Waals surface area contributed by atoms with E-state index in [1.807, 2.05) is 23.1 Å². The molecule has 1 saturated carbocycles. The fraction of sp³-hybridized carbons (Fsp3) is 0.474. The zero-order valence-corrected chi connectivity index (χ0v) is 15.2. The third-order valence-electron chi connectivity index (χ3n) is 5.04. The van der Waals surface area contributed by atoms with Gasteiger partial charge in [0.1, 0.15) is 29.4 Å². The Morgan fingerprint density at radius 2 is 2.07 bits per heavy atom. The molecule has 1 atom stereocenters. The van der Waals surface area contributed by atoms with E-state index in [9.17, 15) is 5.26 Å². The van der Waals surface area contributed by atoms with Crippen LogP contribution in [0.15, 0.2) is 30.6 Å². The summed E-state index contributed by atoms with van der Waals surface area (Å²) in [6.45, 7) is 2.54. The number of piperazine rings is 1. The Morgan fingerprint density at radius 3 is 2.78 bits per heavy atom. The summed E-state index contributed by atoms with van der Waals surface area (Å²) >= 11 is 0. The van der Waals surface area contributed by atoms with E-state index in [4.69, 9.17) is 4.98 Å². The third-order valence-corrected chi connectivity index (χ3v) is 5.04. The maximum Gasteiger partial charge on any atom is 0.234 e. The molecule has 8 nitrogen and oxygen atoms in total.